The summed E-state index contributed by atoms with van der Waals surface area (Å²) < 4.78 is 0. The maximum Gasteiger partial charge on any atom is 0.157 e. The van der Waals surface area contributed by atoms with Gasteiger partial charge in [0.15, 0.2) is 23.0 Å². The minimum absolute atomic E-state index is 0.0962. The van der Waals surface area contributed by atoms with E-state index in [4.69, 9.17) is 0 Å². The van der Waals surface area contributed by atoms with Crippen LogP contribution in [0.5, 0.6) is 28.7 Å². The first-order valence-corrected chi connectivity index (χ1v) is 8.15. The molecule has 0 spiro atoms. The van der Waals surface area contributed by atoms with Crippen LogP contribution in [-0.2, 0) is 0 Å². The third-order valence-electron chi connectivity index (χ3n) is 3.90. The smallest absolute Gasteiger partial charge is 0.157 e. The fraction of sp³-hybridized carbons (Fsp3) is 0. The van der Waals surface area contributed by atoms with Crippen molar-refractivity contribution >= 4 is 24.3 Å². The summed E-state index contributed by atoms with van der Waals surface area (Å²) in [6.45, 7) is 0. The van der Waals surface area contributed by atoms with E-state index in [0.717, 1.165) is 11.1 Å². The summed E-state index contributed by atoms with van der Waals surface area (Å²) >= 11 is 0. The van der Waals surface area contributed by atoms with Gasteiger partial charge in [0.1, 0.15) is 5.75 Å². The number of phenolic OH excluding ortho intramolecular Hbond substituents is 5. The zero-order valence-electron chi connectivity index (χ0n) is 14.2. The highest BCUT2D eigenvalue weighted by molar-refractivity contribution is 5.76. The quantitative estimate of drug-likeness (QED) is 0.346. The SMILES string of the molecule is Oc1cc(/C=C/c2ccc(O)c(O)c2)cc(/C=C/c2ccc(O)c(O)c2)c1. The number of aromatic hydroxyl groups is 5. The van der Waals surface area contributed by atoms with E-state index in [1.54, 1.807) is 48.6 Å². The molecule has 3 aromatic rings. The van der Waals surface area contributed by atoms with Crippen molar-refractivity contribution in [2.75, 3.05) is 0 Å². The predicted octanol–water partition coefficient (Wildman–Crippen LogP) is 4.56. The Morgan fingerprint density at radius 2 is 0.815 bits per heavy atom. The topological polar surface area (TPSA) is 101 Å². The van der Waals surface area contributed by atoms with E-state index in [0.29, 0.717) is 11.1 Å². The molecule has 3 rings (SSSR count). The first-order chi connectivity index (χ1) is 12.9. The van der Waals surface area contributed by atoms with Gasteiger partial charge in [0.25, 0.3) is 0 Å². The lowest BCUT2D eigenvalue weighted by Gasteiger charge is -2.02. The number of rotatable bonds is 4. The summed E-state index contributed by atoms with van der Waals surface area (Å²) in [4.78, 5) is 0. The van der Waals surface area contributed by atoms with E-state index in [9.17, 15) is 25.5 Å². The second kappa shape index (κ2) is 7.58. The molecular weight excluding hydrogens is 344 g/mol. The Balaban J connectivity index is 1.83. The van der Waals surface area contributed by atoms with Crippen LogP contribution in [0.15, 0.2) is 54.6 Å². The molecule has 0 fully saturated rings. The van der Waals surface area contributed by atoms with Crippen LogP contribution in [-0.4, -0.2) is 25.5 Å². The third-order valence-corrected chi connectivity index (χ3v) is 3.90. The lowest BCUT2D eigenvalue weighted by atomic mass is 10.1. The van der Waals surface area contributed by atoms with Crippen molar-refractivity contribution in [3.8, 4) is 28.7 Å². The minimum atomic E-state index is -0.200. The second-order valence-electron chi connectivity index (χ2n) is 6.02. The average molecular weight is 362 g/mol. The summed E-state index contributed by atoms with van der Waals surface area (Å²) in [6, 6.07) is 14.0. The normalized spacial score (nSPS) is 11.4. The van der Waals surface area contributed by atoms with Crippen LogP contribution in [0.25, 0.3) is 24.3 Å². The van der Waals surface area contributed by atoms with Gasteiger partial charge in [0.05, 0.1) is 0 Å². The van der Waals surface area contributed by atoms with Gasteiger partial charge in [-0.25, -0.2) is 0 Å². The fourth-order valence-electron chi connectivity index (χ4n) is 2.52. The van der Waals surface area contributed by atoms with Crippen LogP contribution in [0.2, 0.25) is 0 Å². The molecule has 0 unspecified atom stereocenters. The molecule has 3 aromatic carbocycles. The Hall–Kier alpha value is -3.86. The van der Waals surface area contributed by atoms with Crippen LogP contribution in [0.3, 0.4) is 0 Å². The molecule has 0 saturated heterocycles. The van der Waals surface area contributed by atoms with Crippen molar-refractivity contribution in [3.05, 3.63) is 76.9 Å². The van der Waals surface area contributed by atoms with Crippen LogP contribution in [0.4, 0.5) is 0 Å². The van der Waals surface area contributed by atoms with Gasteiger partial charge in [-0.3, -0.25) is 0 Å². The molecule has 0 heterocycles. The van der Waals surface area contributed by atoms with Crippen LogP contribution in [0, 0.1) is 0 Å². The molecule has 5 nitrogen and oxygen atoms in total. The molecule has 0 bridgehead atoms. The monoisotopic (exact) mass is 362 g/mol. The van der Waals surface area contributed by atoms with E-state index in [-0.39, 0.29) is 28.7 Å². The van der Waals surface area contributed by atoms with Crippen LogP contribution < -0.4 is 0 Å². The number of benzene rings is 3. The average Bonchev–Trinajstić information content (AvgIpc) is 2.63. The van der Waals surface area contributed by atoms with Gasteiger partial charge in [-0.15, -0.1) is 0 Å². The summed E-state index contributed by atoms with van der Waals surface area (Å²) in [6.07, 6.45) is 7.05. The lowest BCUT2D eigenvalue weighted by Crippen LogP contribution is -1.79. The first-order valence-electron chi connectivity index (χ1n) is 8.15. The summed E-state index contributed by atoms with van der Waals surface area (Å²) in [5, 5.41) is 47.7. The van der Waals surface area contributed by atoms with E-state index in [1.165, 1.54) is 24.3 Å². The Morgan fingerprint density at radius 1 is 0.407 bits per heavy atom. The minimum Gasteiger partial charge on any atom is -0.508 e. The zero-order valence-corrected chi connectivity index (χ0v) is 14.2. The van der Waals surface area contributed by atoms with Gasteiger partial charge in [-0.2, -0.15) is 0 Å². The highest BCUT2D eigenvalue weighted by Gasteiger charge is 2.01. The standard InChI is InChI=1S/C22H18O5/c23-18-10-16(3-1-14-5-7-19(24)21(26)12-14)9-17(11-18)4-2-15-6-8-20(25)22(27)13-15/h1-13,23-27H/b3-1+,4-2+. The highest BCUT2D eigenvalue weighted by Crippen LogP contribution is 2.27. The molecule has 27 heavy (non-hydrogen) atoms. The largest absolute Gasteiger partial charge is 0.508 e. The molecule has 0 aliphatic carbocycles. The molecule has 5 heteroatoms. The number of phenols is 5. The van der Waals surface area contributed by atoms with Gasteiger partial charge in [-0.05, 0) is 64.7 Å². The van der Waals surface area contributed by atoms with Crippen molar-refractivity contribution in [1.82, 2.24) is 0 Å². The van der Waals surface area contributed by atoms with Crippen LogP contribution in [0.1, 0.15) is 22.3 Å². The van der Waals surface area contributed by atoms with Crippen molar-refractivity contribution in [3.63, 3.8) is 0 Å². The van der Waals surface area contributed by atoms with E-state index >= 15 is 0 Å². The maximum atomic E-state index is 9.94. The molecule has 0 aromatic heterocycles. The molecule has 0 aliphatic rings. The van der Waals surface area contributed by atoms with Crippen molar-refractivity contribution in [2.24, 2.45) is 0 Å². The van der Waals surface area contributed by atoms with Gasteiger partial charge in [-0.1, -0.05) is 36.4 Å². The molecule has 0 atom stereocenters. The van der Waals surface area contributed by atoms with Gasteiger partial charge in [0, 0.05) is 0 Å². The Morgan fingerprint density at radius 3 is 1.22 bits per heavy atom. The number of hydrogen-bond acceptors (Lipinski definition) is 5. The zero-order chi connectivity index (χ0) is 19.4. The van der Waals surface area contributed by atoms with Crippen molar-refractivity contribution in [1.29, 1.82) is 0 Å². The summed E-state index contributed by atoms with van der Waals surface area (Å²) in [5.74, 6) is -0.670. The summed E-state index contributed by atoms with van der Waals surface area (Å²) in [5.41, 5.74) is 2.89. The maximum absolute atomic E-state index is 9.94. The highest BCUT2D eigenvalue weighted by atomic mass is 16.3. The van der Waals surface area contributed by atoms with Crippen LogP contribution >= 0.6 is 0 Å². The Bertz CT molecular complexity index is 955. The lowest BCUT2D eigenvalue weighted by molar-refractivity contribution is 0.403. The van der Waals surface area contributed by atoms with Crippen molar-refractivity contribution in [2.45, 2.75) is 0 Å². The number of hydrogen-bond donors (Lipinski definition) is 5. The third kappa shape index (κ3) is 4.61. The first kappa shape index (κ1) is 17.9. The molecule has 0 aliphatic heterocycles. The molecule has 5 N–H and O–H groups in total. The van der Waals surface area contributed by atoms with E-state index in [2.05, 4.69) is 0 Å². The fourth-order valence-corrected chi connectivity index (χ4v) is 2.52. The van der Waals surface area contributed by atoms with Gasteiger partial charge in [0.2, 0.25) is 0 Å². The van der Waals surface area contributed by atoms with Gasteiger partial charge < -0.3 is 25.5 Å². The summed E-state index contributed by atoms with van der Waals surface area (Å²) in [7, 11) is 0. The molecule has 0 saturated carbocycles. The van der Waals surface area contributed by atoms with Crippen molar-refractivity contribution < 1.29 is 25.5 Å². The van der Waals surface area contributed by atoms with E-state index < -0.39 is 0 Å². The second-order valence-corrected chi connectivity index (χ2v) is 6.02. The molecule has 136 valence electrons. The van der Waals surface area contributed by atoms with Gasteiger partial charge >= 0.3 is 0 Å². The Kier molecular flexibility index (Phi) is 5.04. The molecular formula is C22H18O5. The molecule has 0 radical (unpaired) electrons. The molecule has 0 amide bonds. The Labute approximate surface area is 156 Å². The predicted molar refractivity (Wildman–Crippen MR) is 106 cm³/mol. The van der Waals surface area contributed by atoms with E-state index in [1.807, 2.05) is 6.07 Å².